The second-order valence-corrected chi connectivity index (χ2v) is 2.43. The molecule has 0 heterocycles. The molecule has 5 heteroatoms. The van der Waals surface area contributed by atoms with Crippen molar-refractivity contribution >= 4 is 6.16 Å². The van der Waals surface area contributed by atoms with Gasteiger partial charge in [-0.25, -0.2) is 9.68 Å². The maximum atomic E-state index is 10.4. The summed E-state index contributed by atoms with van der Waals surface area (Å²) < 4.78 is 4.67. The van der Waals surface area contributed by atoms with Gasteiger partial charge in [0.05, 0.1) is 0 Å². The predicted octanol–water partition coefficient (Wildman–Crippen LogP) is 1.36. The number of carbonyl (C=O) groups is 1. The van der Waals surface area contributed by atoms with Crippen molar-refractivity contribution in [2.24, 2.45) is 0 Å². The third-order valence-electron chi connectivity index (χ3n) is 1.67. The van der Waals surface area contributed by atoms with Crippen molar-refractivity contribution < 1.29 is 24.7 Å². The van der Waals surface area contributed by atoms with Crippen LogP contribution in [0.15, 0.2) is 0 Å². The van der Waals surface area contributed by atoms with Crippen LogP contribution in [0.4, 0.5) is 4.79 Å². The van der Waals surface area contributed by atoms with Gasteiger partial charge in [-0.15, -0.1) is 0 Å². The van der Waals surface area contributed by atoms with Crippen LogP contribution in [0.2, 0.25) is 0 Å². The molecule has 0 aromatic carbocycles. The van der Waals surface area contributed by atoms with Gasteiger partial charge in [0.2, 0.25) is 0 Å². The van der Waals surface area contributed by atoms with Gasteiger partial charge in [-0.1, -0.05) is 0 Å². The highest BCUT2D eigenvalue weighted by Gasteiger charge is 2.20. The van der Waals surface area contributed by atoms with Crippen molar-refractivity contribution in [3.05, 3.63) is 0 Å². The molecule has 63 valence electrons. The monoisotopic (exact) mass is 161 g/mol. The Bertz CT molecular complexity index is 129. The van der Waals surface area contributed by atoms with Gasteiger partial charge < -0.3 is 4.74 Å². The summed E-state index contributed by atoms with van der Waals surface area (Å²) in [6, 6.07) is 0. The summed E-state index contributed by atoms with van der Waals surface area (Å²) in [6.07, 6.45) is 2.64. The molecule has 0 aromatic rings. The minimum Gasteiger partial charge on any atom is -0.429 e. The van der Waals surface area contributed by atoms with Crippen molar-refractivity contribution in [2.45, 2.75) is 31.8 Å². The lowest BCUT2D eigenvalue weighted by Crippen LogP contribution is -2.15. The number of rotatable bonds is 2. The third-order valence-corrected chi connectivity index (χ3v) is 1.67. The molecule has 0 spiro atoms. The average Bonchev–Trinajstić information content (AvgIpc) is 2.40. The highest BCUT2D eigenvalue weighted by atomic mass is 17.5. The van der Waals surface area contributed by atoms with Gasteiger partial charge in [0, 0.05) is 10.3 Å². The van der Waals surface area contributed by atoms with Crippen molar-refractivity contribution in [3.8, 4) is 0 Å². The Labute approximate surface area is 63.7 Å². The molecule has 0 unspecified atom stereocenters. The molecule has 1 fully saturated rings. The maximum Gasteiger partial charge on any atom is 0.542 e. The van der Waals surface area contributed by atoms with Crippen LogP contribution in [-0.2, 0) is 19.9 Å². The summed E-state index contributed by atoms with van der Waals surface area (Å²) >= 11 is 0. The zero-order valence-corrected chi connectivity index (χ0v) is 5.95. The zero-order chi connectivity index (χ0) is 8.10. The Morgan fingerprint density at radius 3 is 2.45 bits per heavy atom. The van der Waals surface area contributed by atoms with Crippen LogP contribution in [0.25, 0.3) is 0 Å². The van der Waals surface area contributed by atoms with Crippen molar-refractivity contribution in [1.82, 2.24) is 0 Å². The highest BCUT2D eigenvalue weighted by Crippen LogP contribution is 2.21. The van der Waals surface area contributed by atoms with E-state index in [1.165, 1.54) is 0 Å². The first-order valence-corrected chi connectivity index (χ1v) is 3.50. The highest BCUT2D eigenvalue weighted by molar-refractivity contribution is 5.59. The molecular weight excluding hydrogens is 152 g/mol. The van der Waals surface area contributed by atoms with Crippen LogP contribution in [-0.4, -0.2) is 12.3 Å². The van der Waals surface area contributed by atoms with Gasteiger partial charge in [-0.05, 0) is 25.7 Å². The fraction of sp³-hybridized carbons (Fsp3) is 0.833. The minimum atomic E-state index is -1.05. The first-order valence-electron chi connectivity index (χ1n) is 3.50. The van der Waals surface area contributed by atoms with Gasteiger partial charge in [0.1, 0.15) is 6.10 Å². The lowest BCUT2D eigenvalue weighted by Gasteiger charge is -2.07. The Morgan fingerprint density at radius 2 is 1.91 bits per heavy atom. The Kier molecular flexibility index (Phi) is 3.13. The van der Waals surface area contributed by atoms with Crippen LogP contribution < -0.4 is 0 Å². The SMILES string of the molecule is [O]OOC(=O)OC1CCCC1. The van der Waals surface area contributed by atoms with E-state index in [4.69, 9.17) is 0 Å². The topological polar surface area (TPSA) is 64.7 Å². The molecule has 1 radical (unpaired) electrons. The molecule has 1 rings (SSSR count). The number of hydrogen-bond acceptors (Lipinski definition) is 4. The molecule has 1 aliphatic rings. The van der Waals surface area contributed by atoms with Gasteiger partial charge in [-0.3, -0.25) is 0 Å². The average molecular weight is 161 g/mol. The fourth-order valence-electron chi connectivity index (χ4n) is 1.19. The summed E-state index contributed by atoms with van der Waals surface area (Å²) in [6.45, 7) is 0. The van der Waals surface area contributed by atoms with E-state index in [9.17, 15) is 10.1 Å². The summed E-state index contributed by atoms with van der Waals surface area (Å²) in [5.41, 5.74) is 0. The van der Waals surface area contributed by atoms with E-state index < -0.39 is 6.16 Å². The van der Waals surface area contributed by atoms with Crippen molar-refractivity contribution in [3.63, 3.8) is 0 Å². The first kappa shape index (κ1) is 8.29. The van der Waals surface area contributed by atoms with Crippen LogP contribution in [0.3, 0.4) is 0 Å². The number of hydrogen-bond donors (Lipinski definition) is 0. The smallest absolute Gasteiger partial charge is 0.429 e. The second kappa shape index (κ2) is 4.15. The minimum absolute atomic E-state index is 0.0994. The summed E-state index contributed by atoms with van der Waals surface area (Å²) in [7, 11) is 0. The molecule has 0 aromatic heterocycles. The van der Waals surface area contributed by atoms with E-state index in [-0.39, 0.29) is 6.10 Å². The van der Waals surface area contributed by atoms with Crippen LogP contribution >= 0.6 is 0 Å². The Hall–Kier alpha value is -0.810. The predicted molar refractivity (Wildman–Crippen MR) is 31.6 cm³/mol. The fourth-order valence-corrected chi connectivity index (χ4v) is 1.19. The van der Waals surface area contributed by atoms with Crippen LogP contribution in [0, 0.1) is 0 Å². The van der Waals surface area contributed by atoms with Gasteiger partial charge >= 0.3 is 6.16 Å². The van der Waals surface area contributed by atoms with Crippen LogP contribution in [0.1, 0.15) is 25.7 Å². The molecule has 0 atom stereocenters. The molecular formula is C6H9O5. The first-order chi connectivity index (χ1) is 5.33. The molecule has 0 bridgehead atoms. The number of carbonyl (C=O) groups excluding carboxylic acids is 1. The summed E-state index contributed by atoms with van der Waals surface area (Å²) in [5.74, 6) is 0. The van der Waals surface area contributed by atoms with E-state index in [2.05, 4.69) is 14.7 Å². The quantitative estimate of drug-likeness (QED) is 0.348. The van der Waals surface area contributed by atoms with E-state index >= 15 is 0 Å². The molecule has 11 heavy (non-hydrogen) atoms. The molecule has 0 aliphatic heterocycles. The molecule has 5 nitrogen and oxygen atoms in total. The Balaban J connectivity index is 2.13. The van der Waals surface area contributed by atoms with E-state index in [1.54, 1.807) is 0 Å². The molecule has 0 N–H and O–H groups in total. The van der Waals surface area contributed by atoms with Gasteiger partial charge in [0.15, 0.2) is 0 Å². The normalized spacial score (nSPS) is 18.3. The van der Waals surface area contributed by atoms with Crippen LogP contribution in [0.5, 0.6) is 0 Å². The number of ether oxygens (including phenoxy) is 1. The van der Waals surface area contributed by atoms with E-state index in [0.29, 0.717) is 0 Å². The lowest BCUT2D eigenvalue weighted by molar-refractivity contribution is -0.501. The largest absolute Gasteiger partial charge is 0.542 e. The van der Waals surface area contributed by atoms with Gasteiger partial charge in [0.25, 0.3) is 0 Å². The summed E-state index contributed by atoms with van der Waals surface area (Å²) in [4.78, 5) is 14.0. The second-order valence-electron chi connectivity index (χ2n) is 2.43. The molecule has 0 saturated heterocycles. The summed E-state index contributed by atoms with van der Waals surface area (Å²) in [5, 5.41) is 12.2. The Morgan fingerprint density at radius 1 is 1.27 bits per heavy atom. The van der Waals surface area contributed by atoms with Crippen molar-refractivity contribution in [1.29, 1.82) is 0 Å². The van der Waals surface area contributed by atoms with E-state index in [1.807, 2.05) is 0 Å². The standard InChI is InChI=1S/C6H9O5/c7-6(10-11-8)9-5-3-1-2-4-5/h5H,1-4H2. The molecule has 0 amide bonds. The van der Waals surface area contributed by atoms with Crippen molar-refractivity contribution in [2.75, 3.05) is 0 Å². The third kappa shape index (κ3) is 2.73. The molecule has 1 aliphatic carbocycles. The maximum absolute atomic E-state index is 10.4. The lowest BCUT2D eigenvalue weighted by atomic mass is 10.3. The zero-order valence-electron chi connectivity index (χ0n) is 5.95. The van der Waals surface area contributed by atoms with E-state index in [0.717, 1.165) is 25.7 Å². The van der Waals surface area contributed by atoms with Gasteiger partial charge in [-0.2, -0.15) is 0 Å². The molecule has 1 saturated carbocycles.